The van der Waals surface area contributed by atoms with Crippen molar-refractivity contribution in [3.05, 3.63) is 17.0 Å². The van der Waals surface area contributed by atoms with E-state index in [1.165, 1.54) is 12.3 Å². The summed E-state index contributed by atoms with van der Waals surface area (Å²) in [5.41, 5.74) is 0. The molecule has 0 spiro atoms. The highest BCUT2D eigenvalue weighted by Crippen LogP contribution is 2.20. The maximum absolute atomic E-state index is 9.90. The molecule has 4 nitrogen and oxygen atoms in total. The van der Waals surface area contributed by atoms with Gasteiger partial charge >= 0.3 is 6.16 Å². The van der Waals surface area contributed by atoms with Gasteiger partial charge in [0.1, 0.15) is 6.26 Å². The molecule has 0 radical (unpaired) electrons. The fourth-order valence-corrected chi connectivity index (χ4v) is 0.768. The summed E-state index contributed by atoms with van der Waals surface area (Å²) in [7, 11) is 0. The summed E-state index contributed by atoms with van der Waals surface area (Å²) in [4.78, 5) is 9.90. The number of furan rings is 1. The second-order valence-electron chi connectivity index (χ2n) is 1.45. The Kier molecular flexibility index (Phi) is 1.96. The van der Waals surface area contributed by atoms with Gasteiger partial charge in [-0.05, 0) is 15.9 Å². The number of halogens is 1. The van der Waals surface area contributed by atoms with Crippen LogP contribution in [0.4, 0.5) is 4.79 Å². The topological polar surface area (TPSA) is 59.7 Å². The normalized spacial score (nSPS) is 9.30. The Bertz CT molecular complexity index is 242. The zero-order chi connectivity index (χ0) is 7.56. The van der Waals surface area contributed by atoms with Crippen molar-refractivity contribution in [2.45, 2.75) is 0 Å². The largest absolute Gasteiger partial charge is 0.511 e. The minimum Gasteiger partial charge on any atom is -0.454 e. The number of carboxylic acid groups (broad SMARTS) is 1. The first-order valence-corrected chi connectivity index (χ1v) is 3.12. The van der Waals surface area contributed by atoms with Crippen LogP contribution >= 0.6 is 15.9 Å². The van der Waals surface area contributed by atoms with E-state index in [4.69, 9.17) is 9.52 Å². The second-order valence-corrected chi connectivity index (χ2v) is 2.24. The molecule has 54 valence electrons. The smallest absolute Gasteiger partial charge is 0.454 e. The molecule has 0 saturated heterocycles. The third-order valence-corrected chi connectivity index (χ3v) is 1.16. The van der Waals surface area contributed by atoms with Crippen LogP contribution in [0.5, 0.6) is 5.75 Å². The first-order valence-electron chi connectivity index (χ1n) is 2.33. The van der Waals surface area contributed by atoms with E-state index in [2.05, 4.69) is 20.7 Å². The molecule has 0 unspecified atom stereocenters. The average Bonchev–Trinajstić information content (AvgIpc) is 2.13. The van der Waals surface area contributed by atoms with Crippen molar-refractivity contribution in [2.24, 2.45) is 0 Å². The Morgan fingerprint density at radius 3 is 2.90 bits per heavy atom. The molecule has 0 aliphatic heterocycles. The van der Waals surface area contributed by atoms with Gasteiger partial charge in [-0.1, -0.05) is 0 Å². The predicted molar refractivity (Wildman–Crippen MR) is 35.1 cm³/mol. The highest BCUT2D eigenvalue weighted by Gasteiger charge is 2.03. The maximum atomic E-state index is 9.90. The molecule has 0 bridgehead atoms. The van der Waals surface area contributed by atoms with E-state index >= 15 is 0 Å². The highest BCUT2D eigenvalue weighted by molar-refractivity contribution is 9.10. The Morgan fingerprint density at radius 1 is 1.80 bits per heavy atom. The molecule has 5 heteroatoms. The Balaban J connectivity index is 2.67. The Labute approximate surface area is 64.5 Å². The SMILES string of the molecule is O=C(O)Oc1coc(Br)c1. The summed E-state index contributed by atoms with van der Waals surface area (Å²) in [5.74, 6) is 0.166. The zero-order valence-electron chi connectivity index (χ0n) is 4.70. The lowest BCUT2D eigenvalue weighted by atomic mass is 10.6. The van der Waals surface area contributed by atoms with Gasteiger partial charge in [0.2, 0.25) is 0 Å². The van der Waals surface area contributed by atoms with Gasteiger partial charge < -0.3 is 14.3 Å². The van der Waals surface area contributed by atoms with E-state index in [1.54, 1.807) is 0 Å². The molecule has 0 atom stereocenters. The minimum atomic E-state index is -1.35. The molecular formula is C5H3BrO4. The number of rotatable bonds is 1. The lowest BCUT2D eigenvalue weighted by Crippen LogP contribution is -2.01. The molecule has 1 rings (SSSR count). The van der Waals surface area contributed by atoms with Crippen LogP contribution in [0.2, 0.25) is 0 Å². The van der Waals surface area contributed by atoms with Crippen molar-refractivity contribution >= 4 is 22.1 Å². The van der Waals surface area contributed by atoms with Gasteiger partial charge in [-0.2, -0.15) is 0 Å². The third kappa shape index (κ3) is 1.77. The highest BCUT2D eigenvalue weighted by atomic mass is 79.9. The van der Waals surface area contributed by atoms with Crippen LogP contribution in [-0.2, 0) is 0 Å². The molecule has 0 aliphatic carbocycles. The molecular weight excluding hydrogens is 204 g/mol. The lowest BCUT2D eigenvalue weighted by molar-refractivity contribution is 0.144. The van der Waals surface area contributed by atoms with Crippen LogP contribution in [-0.4, -0.2) is 11.3 Å². The van der Waals surface area contributed by atoms with Gasteiger partial charge in [-0.15, -0.1) is 0 Å². The monoisotopic (exact) mass is 206 g/mol. The van der Waals surface area contributed by atoms with Crippen molar-refractivity contribution in [1.29, 1.82) is 0 Å². The second kappa shape index (κ2) is 2.74. The summed E-state index contributed by atoms with van der Waals surface area (Å²) in [6, 6.07) is 1.41. The van der Waals surface area contributed by atoms with Crippen LogP contribution in [0.25, 0.3) is 0 Å². The summed E-state index contributed by atoms with van der Waals surface area (Å²) in [6.07, 6.45) is -0.161. The van der Waals surface area contributed by atoms with Crippen molar-refractivity contribution in [2.75, 3.05) is 0 Å². The zero-order valence-corrected chi connectivity index (χ0v) is 6.29. The van der Waals surface area contributed by atoms with Gasteiger partial charge in [0.25, 0.3) is 0 Å². The number of hydrogen-bond acceptors (Lipinski definition) is 3. The quantitative estimate of drug-likeness (QED) is 0.716. The van der Waals surface area contributed by atoms with Crippen LogP contribution in [0.1, 0.15) is 0 Å². The lowest BCUT2D eigenvalue weighted by Gasteiger charge is -1.89. The summed E-state index contributed by atoms with van der Waals surface area (Å²) < 4.78 is 9.36. The molecule has 0 amide bonds. The Hall–Kier alpha value is -0.970. The van der Waals surface area contributed by atoms with Gasteiger partial charge in [-0.25, -0.2) is 4.79 Å². The van der Waals surface area contributed by atoms with Crippen LogP contribution in [0, 0.1) is 0 Å². The summed E-state index contributed by atoms with van der Waals surface area (Å²) in [6.45, 7) is 0. The van der Waals surface area contributed by atoms with Crippen LogP contribution in [0.3, 0.4) is 0 Å². The fourth-order valence-electron chi connectivity index (χ4n) is 0.449. The molecule has 10 heavy (non-hydrogen) atoms. The average molecular weight is 207 g/mol. The summed E-state index contributed by atoms with van der Waals surface area (Å²) in [5, 5.41) is 8.10. The van der Waals surface area contributed by atoms with Gasteiger partial charge in [0.15, 0.2) is 10.4 Å². The first-order chi connectivity index (χ1) is 4.68. The van der Waals surface area contributed by atoms with Crippen LogP contribution < -0.4 is 4.74 Å². The van der Waals surface area contributed by atoms with Crippen molar-refractivity contribution in [1.82, 2.24) is 0 Å². The predicted octanol–water partition coefficient (Wildman–Crippen LogP) is 2.10. The molecule has 1 N–H and O–H groups in total. The van der Waals surface area contributed by atoms with E-state index < -0.39 is 6.16 Å². The van der Waals surface area contributed by atoms with Crippen molar-refractivity contribution in [3.63, 3.8) is 0 Å². The molecule has 0 saturated carbocycles. The fraction of sp³-hybridized carbons (Fsp3) is 0. The van der Waals surface area contributed by atoms with E-state index in [0.717, 1.165) is 0 Å². The summed E-state index contributed by atoms with van der Waals surface area (Å²) >= 11 is 2.98. The third-order valence-electron chi connectivity index (χ3n) is 0.749. The number of ether oxygens (including phenoxy) is 1. The minimum absolute atomic E-state index is 0.166. The molecule has 0 aliphatic rings. The van der Waals surface area contributed by atoms with E-state index in [1.807, 2.05) is 0 Å². The van der Waals surface area contributed by atoms with Crippen molar-refractivity contribution < 1.29 is 19.1 Å². The molecule has 0 aromatic carbocycles. The van der Waals surface area contributed by atoms with Gasteiger partial charge in [0, 0.05) is 6.07 Å². The van der Waals surface area contributed by atoms with E-state index in [0.29, 0.717) is 4.67 Å². The van der Waals surface area contributed by atoms with Crippen molar-refractivity contribution in [3.8, 4) is 5.75 Å². The number of carbonyl (C=O) groups is 1. The first kappa shape index (κ1) is 7.14. The maximum Gasteiger partial charge on any atom is 0.511 e. The molecule has 1 heterocycles. The Morgan fingerprint density at radius 2 is 2.50 bits per heavy atom. The molecule has 1 aromatic heterocycles. The van der Waals surface area contributed by atoms with Crippen LogP contribution in [0.15, 0.2) is 21.4 Å². The number of hydrogen-bond donors (Lipinski definition) is 1. The standard InChI is InChI=1S/C5H3BrO4/c6-4-1-3(2-9-4)10-5(7)8/h1-2H,(H,7,8). The van der Waals surface area contributed by atoms with Gasteiger partial charge in [0.05, 0.1) is 0 Å². The molecule has 0 fully saturated rings. The van der Waals surface area contributed by atoms with E-state index in [-0.39, 0.29) is 5.75 Å². The molecule has 1 aromatic rings. The van der Waals surface area contributed by atoms with E-state index in [9.17, 15) is 4.79 Å². The van der Waals surface area contributed by atoms with Gasteiger partial charge in [-0.3, -0.25) is 0 Å².